The van der Waals surface area contributed by atoms with Crippen LogP contribution in [0.2, 0.25) is 0 Å². The van der Waals surface area contributed by atoms with E-state index in [1.807, 2.05) is 26.8 Å². The fourth-order valence-corrected chi connectivity index (χ4v) is 1.57. The molecule has 0 aliphatic heterocycles. The Bertz CT molecular complexity index is 595. The molecule has 0 saturated heterocycles. The van der Waals surface area contributed by atoms with Gasteiger partial charge in [0.15, 0.2) is 0 Å². The van der Waals surface area contributed by atoms with Crippen LogP contribution < -0.4 is 5.56 Å². The van der Waals surface area contributed by atoms with Crippen molar-refractivity contribution in [3.63, 3.8) is 0 Å². The maximum Gasteiger partial charge on any atom is 0.255 e. The minimum atomic E-state index is -0.116. The molecule has 0 aliphatic rings. The molecule has 0 aliphatic carbocycles. The zero-order valence-corrected chi connectivity index (χ0v) is 9.83. The molecule has 1 N–H and O–H groups in total. The van der Waals surface area contributed by atoms with Gasteiger partial charge >= 0.3 is 0 Å². The predicted molar refractivity (Wildman–Crippen MR) is 60.9 cm³/mol. The highest BCUT2D eigenvalue weighted by molar-refractivity contribution is 5.23. The van der Waals surface area contributed by atoms with Gasteiger partial charge < -0.3 is 0 Å². The monoisotopic (exact) mass is 218 g/mol. The Labute approximate surface area is 93.2 Å². The molecule has 0 aromatic carbocycles. The molecule has 2 rings (SSSR count). The number of aromatic nitrogens is 4. The third-order valence-electron chi connectivity index (χ3n) is 2.59. The molecule has 16 heavy (non-hydrogen) atoms. The van der Waals surface area contributed by atoms with Gasteiger partial charge in [-0.1, -0.05) is 0 Å². The summed E-state index contributed by atoms with van der Waals surface area (Å²) < 4.78 is 1.64. The smallest absolute Gasteiger partial charge is 0.255 e. The first-order chi connectivity index (χ1) is 7.49. The molecule has 0 amide bonds. The minimum absolute atomic E-state index is 0.116. The summed E-state index contributed by atoms with van der Waals surface area (Å²) >= 11 is 0. The third kappa shape index (κ3) is 1.64. The van der Waals surface area contributed by atoms with Gasteiger partial charge in [-0.05, 0) is 33.8 Å². The standard InChI is InChI=1S/C11H14N4O/c1-6-5-7(2)15(14-6)11-12-9(4)8(3)10(16)13-11/h5H,1-4H3,(H,12,13,16). The maximum absolute atomic E-state index is 11.6. The van der Waals surface area contributed by atoms with Gasteiger partial charge in [0.1, 0.15) is 0 Å². The van der Waals surface area contributed by atoms with Gasteiger partial charge in [0.2, 0.25) is 5.95 Å². The summed E-state index contributed by atoms with van der Waals surface area (Å²) in [7, 11) is 0. The maximum atomic E-state index is 11.6. The average Bonchev–Trinajstić information content (AvgIpc) is 2.53. The number of rotatable bonds is 1. The normalized spacial score (nSPS) is 10.8. The zero-order valence-electron chi connectivity index (χ0n) is 9.83. The van der Waals surface area contributed by atoms with Gasteiger partial charge in [0, 0.05) is 17.0 Å². The number of nitrogens with zero attached hydrogens (tertiary/aromatic N) is 3. The summed E-state index contributed by atoms with van der Waals surface area (Å²) in [6.45, 7) is 7.41. The lowest BCUT2D eigenvalue weighted by atomic mass is 10.3. The molecule has 2 aromatic rings. The van der Waals surface area contributed by atoms with E-state index < -0.39 is 0 Å². The van der Waals surface area contributed by atoms with Crippen LogP contribution in [0, 0.1) is 27.7 Å². The molecule has 5 nitrogen and oxygen atoms in total. The highest BCUT2D eigenvalue weighted by Gasteiger charge is 2.08. The lowest BCUT2D eigenvalue weighted by molar-refractivity contribution is 0.759. The second kappa shape index (κ2) is 3.59. The van der Waals surface area contributed by atoms with Crippen LogP contribution in [0.1, 0.15) is 22.6 Å². The molecular weight excluding hydrogens is 204 g/mol. The molecule has 0 fully saturated rings. The first-order valence-electron chi connectivity index (χ1n) is 5.10. The fraction of sp³-hybridized carbons (Fsp3) is 0.364. The SMILES string of the molecule is Cc1cc(C)n(-c2nc(C)c(C)c(=O)[nH]2)n1. The second-order valence-electron chi connectivity index (χ2n) is 3.94. The van der Waals surface area contributed by atoms with Crippen LogP contribution in [0.5, 0.6) is 0 Å². The van der Waals surface area contributed by atoms with Gasteiger partial charge in [-0.15, -0.1) is 0 Å². The van der Waals surface area contributed by atoms with E-state index in [0.717, 1.165) is 17.1 Å². The van der Waals surface area contributed by atoms with Crippen LogP contribution in [0.4, 0.5) is 0 Å². The summed E-state index contributed by atoms with van der Waals surface area (Å²) in [6, 6.07) is 1.94. The Kier molecular flexibility index (Phi) is 2.38. The van der Waals surface area contributed by atoms with E-state index in [1.165, 1.54) is 0 Å². The van der Waals surface area contributed by atoms with Crippen LogP contribution in [-0.4, -0.2) is 19.7 Å². The van der Waals surface area contributed by atoms with E-state index in [4.69, 9.17) is 0 Å². The Morgan fingerprint density at radius 3 is 2.44 bits per heavy atom. The molecule has 0 unspecified atom stereocenters. The number of H-pyrrole nitrogens is 1. The molecule has 0 radical (unpaired) electrons. The van der Waals surface area contributed by atoms with Crippen LogP contribution in [0.15, 0.2) is 10.9 Å². The van der Waals surface area contributed by atoms with E-state index in [9.17, 15) is 4.79 Å². The Morgan fingerprint density at radius 1 is 1.25 bits per heavy atom. The molecule has 2 aromatic heterocycles. The largest absolute Gasteiger partial charge is 0.291 e. The lowest BCUT2D eigenvalue weighted by Gasteiger charge is -2.05. The molecular formula is C11H14N4O. The van der Waals surface area contributed by atoms with Crippen molar-refractivity contribution in [3.05, 3.63) is 39.1 Å². The van der Waals surface area contributed by atoms with Crippen LogP contribution in [-0.2, 0) is 0 Å². The van der Waals surface area contributed by atoms with Crippen molar-refractivity contribution >= 4 is 0 Å². The van der Waals surface area contributed by atoms with Gasteiger partial charge in [-0.2, -0.15) is 5.10 Å². The van der Waals surface area contributed by atoms with Gasteiger partial charge in [-0.3, -0.25) is 9.78 Å². The molecule has 0 spiro atoms. The summed E-state index contributed by atoms with van der Waals surface area (Å²) in [6.07, 6.45) is 0. The van der Waals surface area contributed by atoms with Crippen molar-refractivity contribution in [2.45, 2.75) is 27.7 Å². The summed E-state index contributed by atoms with van der Waals surface area (Å²) in [4.78, 5) is 18.7. The van der Waals surface area contributed by atoms with Gasteiger partial charge in [0.25, 0.3) is 5.56 Å². The van der Waals surface area contributed by atoms with Crippen molar-refractivity contribution in [1.82, 2.24) is 19.7 Å². The number of hydrogen-bond acceptors (Lipinski definition) is 3. The Hall–Kier alpha value is -1.91. The molecule has 5 heteroatoms. The molecule has 2 heterocycles. The summed E-state index contributed by atoms with van der Waals surface area (Å²) in [5.74, 6) is 0.471. The average molecular weight is 218 g/mol. The Morgan fingerprint density at radius 2 is 1.94 bits per heavy atom. The van der Waals surface area contributed by atoms with Crippen molar-refractivity contribution < 1.29 is 0 Å². The second-order valence-corrected chi connectivity index (χ2v) is 3.94. The van der Waals surface area contributed by atoms with Crippen molar-refractivity contribution in [2.75, 3.05) is 0 Å². The summed E-state index contributed by atoms with van der Waals surface area (Å²) in [5.41, 5.74) is 3.11. The zero-order chi connectivity index (χ0) is 11.9. The van der Waals surface area contributed by atoms with Gasteiger partial charge in [-0.25, -0.2) is 9.67 Å². The van der Waals surface area contributed by atoms with Crippen LogP contribution in [0.25, 0.3) is 5.95 Å². The summed E-state index contributed by atoms with van der Waals surface area (Å²) in [5, 5.41) is 4.28. The minimum Gasteiger partial charge on any atom is -0.291 e. The molecule has 0 atom stereocenters. The van der Waals surface area contributed by atoms with Crippen molar-refractivity contribution in [3.8, 4) is 5.95 Å². The topological polar surface area (TPSA) is 63.6 Å². The molecule has 84 valence electrons. The predicted octanol–water partition coefficient (Wildman–Crippen LogP) is 1.19. The first-order valence-corrected chi connectivity index (χ1v) is 5.10. The number of aromatic amines is 1. The van der Waals surface area contributed by atoms with Crippen molar-refractivity contribution in [1.29, 1.82) is 0 Å². The number of hydrogen-bond donors (Lipinski definition) is 1. The van der Waals surface area contributed by atoms with Gasteiger partial charge in [0.05, 0.1) is 5.69 Å². The fourth-order valence-electron chi connectivity index (χ4n) is 1.57. The van der Waals surface area contributed by atoms with E-state index in [1.54, 1.807) is 11.6 Å². The van der Waals surface area contributed by atoms with Crippen molar-refractivity contribution in [2.24, 2.45) is 0 Å². The molecule has 0 bridgehead atoms. The number of nitrogens with one attached hydrogen (secondary N) is 1. The highest BCUT2D eigenvalue weighted by atomic mass is 16.1. The number of aryl methyl sites for hydroxylation is 3. The quantitative estimate of drug-likeness (QED) is 0.782. The van der Waals surface area contributed by atoms with Crippen LogP contribution in [0.3, 0.4) is 0 Å². The Balaban J connectivity index is 2.66. The first kappa shape index (κ1) is 10.6. The van der Waals surface area contributed by atoms with Crippen LogP contribution >= 0.6 is 0 Å². The van der Waals surface area contributed by atoms with E-state index in [-0.39, 0.29) is 5.56 Å². The van der Waals surface area contributed by atoms with E-state index >= 15 is 0 Å². The highest BCUT2D eigenvalue weighted by Crippen LogP contribution is 2.07. The lowest BCUT2D eigenvalue weighted by Crippen LogP contribution is -2.18. The van der Waals surface area contributed by atoms with E-state index in [2.05, 4.69) is 15.1 Å². The third-order valence-corrected chi connectivity index (χ3v) is 2.59. The molecule has 0 saturated carbocycles. The van der Waals surface area contributed by atoms with E-state index in [0.29, 0.717) is 11.5 Å².